The van der Waals surface area contributed by atoms with E-state index in [0.717, 1.165) is 0 Å². The van der Waals surface area contributed by atoms with Crippen LogP contribution in [0.1, 0.15) is 16.7 Å². The van der Waals surface area contributed by atoms with Gasteiger partial charge in [0.05, 0.1) is 0 Å². The molecule has 0 radical (unpaired) electrons. The van der Waals surface area contributed by atoms with Gasteiger partial charge in [-0.1, -0.05) is 0 Å². The van der Waals surface area contributed by atoms with Crippen LogP contribution in [0.4, 0.5) is 0 Å². The molecule has 0 heterocycles. The van der Waals surface area contributed by atoms with Crippen molar-refractivity contribution in [3.05, 3.63) is 28.8 Å². The molecule has 13 heavy (non-hydrogen) atoms. The molecule has 0 unspecified atom stereocenters. The summed E-state index contributed by atoms with van der Waals surface area (Å²) in [5.74, 6) is 7.39. The van der Waals surface area contributed by atoms with E-state index >= 15 is 0 Å². The van der Waals surface area contributed by atoms with E-state index in [2.05, 4.69) is 50.2 Å². The minimum absolute atomic E-state index is 1.39. The molecule has 0 aromatic heterocycles. The third-order valence-electron chi connectivity index (χ3n) is 2.43. The van der Waals surface area contributed by atoms with Crippen LogP contribution < -0.4 is 4.40 Å². The van der Waals surface area contributed by atoms with E-state index in [1.165, 1.54) is 16.7 Å². The molecular formula is C12H20Ge. The summed E-state index contributed by atoms with van der Waals surface area (Å²) in [6, 6.07) is 4.64. The third-order valence-corrected chi connectivity index (χ3v) is 7.23. The first-order chi connectivity index (χ1) is 5.82. The van der Waals surface area contributed by atoms with Crippen LogP contribution >= 0.6 is 0 Å². The number of aryl methyl sites for hydroxylation is 3. The normalized spacial score (nSPS) is 11.8. The second-order valence-electron chi connectivity index (χ2n) is 5.02. The van der Waals surface area contributed by atoms with Gasteiger partial charge in [-0.2, -0.15) is 0 Å². The zero-order valence-corrected chi connectivity index (χ0v) is 11.8. The average molecular weight is 237 g/mol. The van der Waals surface area contributed by atoms with Crippen LogP contribution in [0, 0.1) is 20.8 Å². The van der Waals surface area contributed by atoms with Crippen LogP contribution in [0.5, 0.6) is 0 Å². The van der Waals surface area contributed by atoms with Crippen LogP contribution in [-0.2, 0) is 0 Å². The van der Waals surface area contributed by atoms with Crippen molar-refractivity contribution in [2.45, 2.75) is 38.0 Å². The van der Waals surface area contributed by atoms with Gasteiger partial charge in [0.1, 0.15) is 0 Å². The summed E-state index contributed by atoms with van der Waals surface area (Å²) >= 11 is -1.64. The molecule has 1 rings (SSSR count). The Hall–Kier alpha value is -0.237. The summed E-state index contributed by atoms with van der Waals surface area (Å²) < 4.78 is 1.69. The first-order valence-corrected chi connectivity index (χ1v) is 12.2. The summed E-state index contributed by atoms with van der Waals surface area (Å²) in [5, 5.41) is 0. The van der Waals surface area contributed by atoms with Gasteiger partial charge < -0.3 is 0 Å². The van der Waals surface area contributed by atoms with Crippen molar-refractivity contribution in [2.24, 2.45) is 0 Å². The second kappa shape index (κ2) is 3.49. The Bertz CT molecular complexity index is 295. The minimum atomic E-state index is -1.64. The molecule has 1 heteroatoms. The number of benzene rings is 1. The van der Waals surface area contributed by atoms with Gasteiger partial charge in [0.25, 0.3) is 0 Å². The van der Waals surface area contributed by atoms with E-state index < -0.39 is 13.3 Å². The quantitative estimate of drug-likeness (QED) is 0.658. The fraction of sp³-hybridized carbons (Fsp3) is 0.500. The van der Waals surface area contributed by atoms with E-state index in [9.17, 15) is 0 Å². The number of hydrogen-bond donors (Lipinski definition) is 0. The first-order valence-electron chi connectivity index (χ1n) is 4.90. The molecule has 0 nitrogen and oxygen atoms in total. The predicted molar refractivity (Wildman–Crippen MR) is 63.6 cm³/mol. The molecule has 0 bridgehead atoms. The van der Waals surface area contributed by atoms with Gasteiger partial charge >= 0.3 is 84.5 Å². The van der Waals surface area contributed by atoms with Crippen LogP contribution in [0.25, 0.3) is 0 Å². The van der Waals surface area contributed by atoms with Crippen LogP contribution in [0.2, 0.25) is 17.3 Å². The Balaban J connectivity index is 3.38. The molecule has 1 aromatic rings. The molecule has 0 amide bonds. The first kappa shape index (κ1) is 10.8. The second-order valence-corrected chi connectivity index (χ2v) is 15.5. The summed E-state index contributed by atoms with van der Waals surface area (Å²) in [6.07, 6.45) is 0. The molecule has 0 saturated carbocycles. The third kappa shape index (κ3) is 2.37. The molecule has 0 fully saturated rings. The zero-order chi connectivity index (χ0) is 10.2. The summed E-state index contributed by atoms with van der Waals surface area (Å²) in [6.45, 7) is 6.69. The maximum atomic E-state index is 2.46. The molecule has 0 saturated heterocycles. The van der Waals surface area contributed by atoms with Gasteiger partial charge in [0.2, 0.25) is 0 Å². The Kier molecular flexibility index (Phi) is 2.91. The van der Waals surface area contributed by atoms with E-state index in [1.807, 2.05) is 0 Å². The monoisotopic (exact) mass is 238 g/mol. The van der Waals surface area contributed by atoms with E-state index in [-0.39, 0.29) is 0 Å². The van der Waals surface area contributed by atoms with Crippen molar-refractivity contribution in [1.82, 2.24) is 0 Å². The van der Waals surface area contributed by atoms with Crippen molar-refractivity contribution in [3.8, 4) is 0 Å². The van der Waals surface area contributed by atoms with Crippen molar-refractivity contribution >= 4 is 17.7 Å². The van der Waals surface area contributed by atoms with Gasteiger partial charge in [-0.05, 0) is 0 Å². The van der Waals surface area contributed by atoms with Crippen LogP contribution in [0.15, 0.2) is 12.1 Å². The molecule has 0 aliphatic carbocycles. The van der Waals surface area contributed by atoms with Gasteiger partial charge in [-0.3, -0.25) is 0 Å². The van der Waals surface area contributed by atoms with Crippen molar-refractivity contribution in [3.63, 3.8) is 0 Å². The molecule has 0 aliphatic rings. The molecule has 0 spiro atoms. The maximum absolute atomic E-state index is 2.46. The van der Waals surface area contributed by atoms with E-state index in [1.54, 1.807) is 4.40 Å². The van der Waals surface area contributed by atoms with Crippen LogP contribution in [0.3, 0.4) is 0 Å². The summed E-state index contributed by atoms with van der Waals surface area (Å²) in [5.41, 5.74) is 4.40. The Morgan fingerprint density at radius 2 is 1.23 bits per heavy atom. The van der Waals surface area contributed by atoms with Crippen molar-refractivity contribution < 1.29 is 0 Å². The van der Waals surface area contributed by atoms with Gasteiger partial charge in [-0.15, -0.1) is 0 Å². The molecule has 72 valence electrons. The topological polar surface area (TPSA) is 0 Å². The summed E-state index contributed by atoms with van der Waals surface area (Å²) in [4.78, 5) is 0. The fourth-order valence-corrected chi connectivity index (χ4v) is 7.63. The Labute approximate surface area is 84.7 Å². The van der Waals surface area contributed by atoms with Crippen LogP contribution in [-0.4, -0.2) is 13.3 Å². The number of hydrogen-bond acceptors (Lipinski definition) is 0. The van der Waals surface area contributed by atoms with Gasteiger partial charge in [0.15, 0.2) is 0 Å². The van der Waals surface area contributed by atoms with Gasteiger partial charge in [-0.25, -0.2) is 0 Å². The van der Waals surface area contributed by atoms with Crippen molar-refractivity contribution in [2.75, 3.05) is 0 Å². The molecule has 0 N–H and O–H groups in total. The molecular weight excluding hydrogens is 217 g/mol. The Morgan fingerprint density at radius 1 is 0.846 bits per heavy atom. The molecule has 0 aliphatic heterocycles. The van der Waals surface area contributed by atoms with E-state index in [4.69, 9.17) is 0 Å². The molecule has 1 aromatic carbocycles. The predicted octanol–water partition coefficient (Wildman–Crippen LogP) is 3.16. The average Bonchev–Trinajstić information content (AvgIpc) is 1.78. The SMILES string of the molecule is Cc1cc(C)[c]([Ge]([CH3])([CH3])[CH3])c(C)c1. The fourth-order valence-electron chi connectivity index (χ4n) is 2.36. The van der Waals surface area contributed by atoms with Crippen molar-refractivity contribution in [1.29, 1.82) is 0 Å². The standard InChI is InChI=1S/C12H20Ge/c1-9-7-10(2)12(11(3)8-9)13(4,5)6/h7-8H,1-6H3. The molecule has 0 atom stereocenters. The Morgan fingerprint density at radius 3 is 1.54 bits per heavy atom. The number of rotatable bonds is 1. The summed E-state index contributed by atoms with van der Waals surface area (Å²) in [7, 11) is 0. The van der Waals surface area contributed by atoms with Gasteiger partial charge in [0, 0.05) is 0 Å². The zero-order valence-electron chi connectivity index (χ0n) is 9.65. The van der Waals surface area contributed by atoms with E-state index in [0.29, 0.717) is 0 Å².